The number of likely N-dealkylation sites (tertiary alicyclic amines) is 1. The summed E-state index contributed by atoms with van der Waals surface area (Å²) in [7, 11) is 0. The summed E-state index contributed by atoms with van der Waals surface area (Å²) in [6.07, 6.45) is 3.85. The normalized spacial score (nSPS) is 15.2. The highest BCUT2D eigenvalue weighted by molar-refractivity contribution is 6.43. The van der Waals surface area contributed by atoms with Gasteiger partial charge in [0.05, 0.1) is 29.3 Å². The number of amides is 1. The van der Waals surface area contributed by atoms with Crippen molar-refractivity contribution in [1.82, 2.24) is 5.43 Å². The molecule has 2 aromatic rings. The number of carbonyl (C=O) groups excluding carboxylic acids is 1. The van der Waals surface area contributed by atoms with E-state index in [0.717, 1.165) is 13.1 Å². The lowest BCUT2D eigenvalue weighted by Crippen LogP contribution is -3.11. The molecule has 7 heteroatoms. The molecule has 0 radical (unpaired) electrons. The van der Waals surface area contributed by atoms with E-state index in [-0.39, 0.29) is 5.91 Å². The van der Waals surface area contributed by atoms with Gasteiger partial charge in [0.25, 0.3) is 5.91 Å². The van der Waals surface area contributed by atoms with Gasteiger partial charge in [-0.05, 0) is 24.3 Å². The molecule has 2 N–H and O–H groups in total. The molecule has 126 valence electrons. The van der Waals surface area contributed by atoms with Crippen LogP contribution in [0.5, 0.6) is 0 Å². The van der Waals surface area contributed by atoms with Gasteiger partial charge >= 0.3 is 0 Å². The van der Waals surface area contributed by atoms with Gasteiger partial charge in [-0.1, -0.05) is 29.3 Å². The minimum atomic E-state index is -0.0900. The number of hydrogen-bond donors (Lipinski definition) is 2. The van der Waals surface area contributed by atoms with Crippen LogP contribution in [0.1, 0.15) is 18.6 Å². The number of hydrogen-bond acceptors (Lipinski definition) is 3. The third kappa shape index (κ3) is 4.17. The number of rotatable bonds is 5. The van der Waals surface area contributed by atoms with Crippen molar-refractivity contribution in [2.45, 2.75) is 12.8 Å². The van der Waals surface area contributed by atoms with Gasteiger partial charge in [-0.3, -0.25) is 4.79 Å². The summed E-state index contributed by atoms with van der Waals surface area (Å²) >= 11 is 12.2. The lowest BCUT2D eigenvalue weighted by atomic mass is 10.2. The fourth-order valence-electron chi connectivity index (χ4n) is 2.75. The zero-order valence-electron chi connectivity index (χ0n) is 13.0. The Kier molecular flexibility index (Phi) is 5.56. The average Bonchev–Trinajstić information content (AvgIpc) is 3.22. The van der Waals surface area contributed by atoms with Gasteiger partial charge in [-0.2, -0.15) is 5.10 Å². The smallest absolute Gasteiger partial charge is 0.295 e. The first-order chi connectivity index (χ1) is 11.6. The molecule has 0 spiro atoms. The summed E-state index contributed by atoms with van der Waals surface area (Å²) in [5.74, 6) is 1.03. The van der Waals surface area contributed by atoms with Gasteiger partial charge in [0, 0.05) is 18.4 Å². The number of hydrazone groups is 1. The molecule has 1 aromatic carbocycles. The van der Waals surface area contributed by atoms with E-state index in [2.05, 4.69) is 10.5 Å². The molecular formula is C17H18Cl2N3O2+. The standard InChI is InChI=1S/C17H17Cl2N3O2/c18-14-5-3-4-13(17(14)19)15-7-6-12(24-15)10-20-21-16(23)11-22-8-1-2-9-22/h3-7,10H,1-2,8-9,11H2,(H,21,23)/p+1/b20-10-. The summed E-state index contributed by atoms with van der Waals surface area (Å²) in [6, 6.07) is 8.90. The van der Waals surface area contributed by atoms with Crippen LogP contribution in [-0.2, 0) is 4.79 Å². The molecule has 5 nitrogen and oxygen atoms in total. The van der Waals surface area contributed by atoms with Crippen LogP contribution < -0.4 is 10.3 Å². The number of halogens is 2. The maximum atomic E-state index is 11.8. The van der Waals surface area contributed by atoms with Crippen molar-refractivity contribution in [1.29, 1.82) is 0 Å². The third-order valence-corrected chi connectivity index (χ3v) is 4.76. The topological polar surface area (TPSA) is 59.0 Å². The third-order valence-electron chi connectivity index (χ3n) is 3.95. The minimum Gasteiger partial charge on any atom is -0.455 e. The van der Waals surface area contributed by atoms with Crippen molar-refractivity contribution >= 4 is 35.3 Å². The number of nitrogens with zero attached hydrogens (tertiary/aromatic N) is 1. The van der Waals surface area contributed by atoms with E-state index in [1.54, 1.807) is 24.3 Å². The highest BCUT2D eigenvalue weighted by Crippen LogP contribution is 2.34. The summed E-state index contributed by atoms with van der Waals surface area (Å²) in [5, 5.41) is 4.85. The number of furan rings is 1. The Bertz CT molecular complexity index is 752. The molecule has 1 fully saturated rings. The average molecular weight is 367 g/mol. The van der Waals surface area contributed by atoms with Crippen LogP contribution in [0, 0.1) is 0 Å². The molecule has 1 aliphatic heterocycles. The maximum absolute atomic E-state index is 11.8. The number of nitrogens with one attached hydrogen (secondary N) is 2. The number of quaternary nitrogens is 1. The monoisotopic (exact) mass is 366 g/mol. The predicted molar refractivity (Wildman–Crippen MR) is 94.7 cm³/mol. The van der Waals surface area contributed by atoms with E-state index in [9.17, 15) is 4.79 Å². The van der Waals surface area contributed by atoms with Gasteiger partial charge in [-0.25, -0.2) is 5.43 Å². The molecule has 1 saturated heterocycles. The Morgan fingerprint density at radius 2 is 2.04 bits per heavy atom. The Labute approximate surface area is 150 Å². The summed E-state index contributed by atoms with van der Waals surface area (Å²) in [6.45, 7) is 2.57. The summed E-state index contributed by atoms with van der Waals surface area (Å²) in [4.78, 5) is 13.1. The molecule has 0 unspecified atom stereocenters. The molecule has 1 aromatic heterocycles. The quantitative estimate of drug-likeness (QED) is 0.630. The zero-order valence-corrected chi connectivity index (χ0v) is 14.5. The van der Waals surface area contributed by atoms with Crippen molar-refractivity contribution < 1.29 is 14.1 Å². The largest absolute Gasteiger partial charge is 0.455 e. The number of carbonyl (C=O) groups is 1. The highest BCUT2D eigenvalue weighted by Gasteiger charge is 2.18. The van der Waals surface area contributed by atoms with E-state index in [4.69, 9.17) is 27.6 Å². The van der Waals surface area contributed by atoms with E-state index < -0.39 is 0 Å². The Morgan fingerprint density at radius 3 is 2.83 bits per heavy atom. The number of benzene rings is 1. The SMILES string of the molecule is O=C(C[NH+]1CCCC1)N/N=C\c1ccc(-c2cccc(Cl)c2Cl)o1. The van der Waals surface area contributed by atoms with Crippen LogP contribution in [0.2, 0.25) is 10.0 Å². The fourth-order valence-corrected chi connectivity index (χ4v) is 3.14. The van der Waals surface area contributed by atoms with E-state index in [0.29, 0.717) is 33.7 Å². The maximum Gasteiger partial charge on any atom is 0.295 e. The second-order valence-corrected chi connectivity index (χ2v) is 6.52. The van der Waals surface area contributed by atoms with Crippen LogP contribution in [0.4, 0.5) is 0 Å². The van der Waals surface area contributed by atoms with E-state index in [1.165, 1.54) is 24.0 Å². The van der Waals surface area contributed by atoms with Crippen LogP contribution in [-0.4, -0.2) is 31.8 Å². The molecule has 0 bridgehead atoms. The lowest BCUT2D eigenvalue weighted by molar-refractivity contribution is -0.879. The summed E-state index contributed by atoms with van der Waals surface area (Å²) < 4.78 is 5.67. The summed E-state index contributed by atoms with van der Waals surface area (Å²) in [5.41, 5.74) is 3.24. The molecule has 24 heavy (non-hydrogen) atoms. The molecule has 1 aliphatic rings. The zero-order chi connectivity index (χ0) is 16.9. The highest BCUT2D eigenvalue weighted by atomic mass is 35.5. The predicted octanol–water partition coefficient (Wildman–Crippen LogP) is 2.38. The minimum absolute atomic E-state index is 0.0900. The first-order valence-corrected chi connectivity index (χ1v) is 8.59. The molecule has 1 amide bonds. The second-order valence-electron chi connectivity index (χ2n) is 5.73. The molecule has 2 heterocycles. The van der Waals surface area contributed by atoms with Gasteiger partial charge in [-0.15, -0.1) is 0 Å². The van der Waals surface area contributed by atoms with Gasteiger partial charge in [0.15, 0.2) is 6.54 Å². The first kappa shape index (κ1) is 17.0. The van der Waals surface area contributed by atoms with Crippen LogP contribution >= 0.6 is 23.2 Å². The first-order valence-electron chi connectivity index (χ1n) is 7.83. The molecular weight excluding hydrogens is 349 g/mol. The molecule has 0 atom stereocenters. The van der Waals surface area contributed by atoms with Gasteiger partial charge < -0.3 is 9.32 Å². The second kappa shape index (κ2) is 7.83. The van der Waals surface area contributed by atoms with Gasteiger partial charge in [0.1, 0.15) is 11.5 Å². The van der Waals surface area contributed by atoms with E-state index >= 15 is 0 Å². The molecule has 0 aliphatic carbocycles. The molecule has 0 saturated carbocycles. The van der Waals surface area contributed by atoms with Crippen LogP contribution in [0.3, 0.4) is 0 Å². The Morgan fingerprint density at radius 1 is 1.25 bits per heavy atom. The van der Waals surface area contributed by atoms with Gasteiger partial charge in [0.2, 0.25) is 0 Å². The van der Waals surface area contributed by atoms with Crippen LogP contribution in [0.15, 0.2) is 39.9 Å². The Balaban J connectivity index is 1.59. The van der Waals surface area contributed by atoms with Crippen molar-refractivity contribution in [2.75, 3.05) is 19.6 Å². The molecule has 3 rings (SSSR count). The van der Waals surface area contributed by atoms with Crippen molar-refractivity contribution in [3.05, 3.63) is 46.1 Å². The van der Waals surface area contributed by atoms with Crippen molar-refractivity contribution in [2.24, 2.45) is 5.10 Å². The Hall–Kier alpha value is -1.82. The van der Waals surface area contributed by atoms with Crippen molar-refractivity contribution in [3.63, 3.8) is 0 Å². The van der Waals surface area contributed by atoms with Crippen LogP contribution in [0.25, 0.3) is 11.3 Å². The lowest BCUT2D eigenvalue weighted by Gasteiger charge is -2.09. The van der Waals surface area contributed by atoms with Crippen molar-refractivity contribution in [3.8, 4) is 11.3 Å². The van der Waals surface area contributed by atoms with E-state index in [1.807, 2.05) is 6.07 Å². The fraction of sp³-hybridized carbons (Fsp3) is 0.294.